The first-order valence-corrected chi connectivity index (χ1v) is 4.76. The molecule has 0 aliphatic carbocycles. The van der Waals surface area contributed by atoms with Crippen LogP contribution in [0.5, 0.6) is 0 Å². The topological polar surface area (TPSA) is 46.2 Å². The summed E-state index contributed by atoms with van der Waals surface area (Å²) in [6.07, 6.45) is 7.60. The molecule has 0 aromatic heterocycles. The molecule has 3 N–H and O–H groups in total. The molecule has 1 atom stereocenters. The van der Waals surface area contributed by atoms with Crippen LogP contribution in [0.2, 0.25) is 0 Å². The van der Waals surface area contributed by atoms with Gasteiger partial charge in [-0.3, -0.25) is 0 Å². The Morgan fingerprint density at radius 3 is 1.92 bits per heavy atom. The number of hydrogen-bond acceptors (Lipinski definition) is 3. The molecule has 0 aromatic rings. The molecule has 0 aliphatic rings. The average molecular weight is 187 g/mol. The van der Waals surface area contributed by atoms with E-state index in [1.165, 1.54) is 0 Å². The lowest BCUT2D eigenvalue weighted by atomic mass is 10.00. The van der Waals surface area contributed by atoms with E-state index in [4.69, 9.17) is 10.3 Å². The zero-order valence-corrected chi connectivity index (χ0v) is 8.64. The van der Waals surface area contributed by atoms with Gasteiger partial charge in [0.05, 0.1) is 4.75 Å². The average Bonchev–Trinajstić information content (AvgIpc) is 2.03. The fourth-order valence-electron chi connectivity index (χ4n) is 1.02. The molecular formula is C9H17NOS. The Hall–Kier alpha value is -0.250. The SMILES string of the molecule is CC=CC(C=CC)(SO)C(C)N. The van der Waals surface area contributed by atoms with E-state index in [2.05, 4.69) is 0 Å². The lowest BCUT2D eigenvalue weighted by molar-refractivity contribution is 0.601. The van der Waals surface area contributed by atoms with Crippen LogP contribution < -0.4 is 5.73 Å². The van der Waals surface area contributed by atoms with E-state index in [1.807, 2.05) is 45.1 Å². The monoisotopic (exact) mass is 187 g/mol. The minimum atomic E-state index is -0.469. The number of rotatable bonds is 4. The van der Waals surface area contributed by atoms with Gasteiger partial charge in [0.1, 0.15) is 0 Å². The lowest BCUT2D eigenvalue weighted by Crippen LogP contribution is -2.39. The van der Waals surface area contributed by atoms with Gasteiger partial charge in [0, 0.05) is 18.1 Å². The molecule has 3 heteroatoms. The molecule has 0 radical (unpaired) electrons. The van der Waals surface area contributed by atoms with Crippen molar-refractivity contribution >= 4 is 12.0 Å². The molecule has 0 spiro atoms. The molecule has 70 valence electrons. The van der Waals surface area contributed by atoms with E-state index in [0.717, 1.165) is 12.0 Å². The fraction of sp³-hybridized carbons (Fsp3) is 0.556. The van der Waals surface area contributed by atoms with Crippen molar-refractivity contribution in [3.05, 3.63) is 24.3 Å². The highest BCUT2D eigenvalue weighted by Crippen LogP contribution is 2.29. The van der Waals surface area contributed by atoms with Gasteiger partial charge in [-0.15, -0.1) is 0 Å². The maximum absolute atomic E-state index is 9.14. The third-order valence-corrected chi connectivity index (χ3v) is 2.68. The first kappa shape index (κ1) is 11.8. The summed E-state index contributed by atoms with van der Waals surface area (Å²) < 4.78 is 8.67. The summed E-state index contributed by atoms with van der Waals surface area (Å²) in [6.45, 7) is 5.71. The highest BCUT2D eigenvalue weighted by atomic mass is 32.2. The second kappa shape index (κ2) is 5.41. The molecule has 0 saturated heterocycles. The van der Waals surface area contributed by atoms with E-state index in [0.29, 0.717) is 0 Å². The molecule has 0 saturated carbocycles. The third-order valence-electron chi connectivity index (χ3n) is 1.72. The predicted octanol–water partition coefficient (Wildman–Crippen LogP) is 2.43. The van der Waals surface area contributed by atoms with Gasteiger partial charge < -0.3 is 10.3 Å². The summed E-state index contributed by atoms with van der Waals surface area (Å²) in [5, 5.41) is 0. The summed E-state index contributed by atoms with van der Waals surface area (Å²) in [5.74, 6) is 0. The Balaban J connectivity index is 4.75. The van der Waals surface area contributed by atoms with E-state index >= 15 is 0 Å². The molecule has 1 unspecified atom stereocenters. The second-order valence-corrected chi connectivity index (χ2v) is 3.62. The minimum absolute atomic E-state index is 0.111. The van der Waals surface area contributed by atoms with Gasteiger partial charge in [-0.25, -0.2) is 0 Å². The van der Waals surface area contributed by atoms with Crippen LogP contribution >= 0.6 is 12.0 Å². The van der Waals surface area contributed by atoms with Crippen molar-refractivity contribution in [1.82, 2.24) is 0 Å². The van der Waals surface area contributed by atoms with Crippen LogP contribution in [-0.4, -0.2) is 15.3 Å². The van der Waals surface area contributed by atoms with Crippen molar-refractivity contribution < 1.29 is 4.55 Å². The summed E-state index contributed by atoms with van der Waals surface area (Å²) >= 11 is 0.776. The van der Waals surface area contributed by atoms with Gasteiger partial charge >= 0.3 is 0 Å². The molecule has 2 nitrogen and oxygen atoms in total. The van der Waals surface area contributed by atoms with Gasteiger partial charge in [0.15, 0.2) is 0 Å². The highest BCUT2D eigenvalue weighted by molar-refractivity contribution is 7.95. The number of nitrogens with two attached hydrogens (primary N) is 1. The molecule has 0 fully saturated rings. The Kier molecular flexibility index (Phi) is 5.29. The third kappa shape index (κ3) is 2.66. The van der Waals surface area contributed by atoms with Crippen LogP contribution in [0.25, 0.3) is 0 Å². The first-order chi connectivity index (χ1) is 5.63. The van der Waals surface area contributed by atoms with Gasteiger partial charge in [-0.1, -0.05) is 24.3 Å². The van der Waals surface area contributed by atoms with E-state index in [-0.39, 0.29) is 6.04 Å². The van der Waals surface area contributed by atoms with Crippen LogP contribution in [0.15, 0.2) is 24.3 Å². The van der Waals surface area contributed by atoms with E-state index in [1.54, 1.807) is 0 Å². The standard InChI is InChI=1S/C9H17NOS/c1-4-6-9(12-11,7-5-2)8(3)10/h4-8,11H,10H2,1-3H3. The van der Waals surface area contributed by atoms with Gasteiger partial charge in [0.25, 0.3) is 0 Å². The van der Waals surface area contributed by atoms with Crippen LogP contribution in [0.3, 0.4) is 0 Å². The molecule has 0 heterocycles. The quantitative estimate of drug-likeness (QED) is 0.525. The summed E-state index contributed by atoms with van der Waals surface area (Å²) in [6, 6.07) is -0.111. The predicted molar refractivity (Wildman–Crippen MR) is 56.2 cm³/mol. The zero-order chi connectivity index (χ0) is 9.61. The normalized spacial score (nSPS) is 20.1. The van der Waals surface area contributed by atoms with Crippen molar-refractivity contribution in [2.24, 2.45) is 5.73 Å². The summed E-state index contributed by atoms with van der Waals surface area (Å²) in [7, 11) is 0. The highest BCUT2D eigenvalue weighted by Gasteiger charge is 2.28. The van der Waals surface area contributed by atoms with Crippen LogP contribution in [0.4, 0.5) is 0 Å². The van der Waals surface area contributed by atoms with Gasteiger partial charge in [0.2, 0.25) is 0 Å². The van der Waals surface area contributed by atoms with E-state index in [9.17, 15) is 0 Å². The Morgan fingerprint density at radius 1 is 1.33 bits per heavy atom. The summed E-state index contributed by atoms with van der Waals surface area (Å²) in [4.78, 5) is 0. The summed E-state index contributed by atoms with van der Waals surface area (Å²) in [5.41, 5.74) is 5.77. The zero-order valence-electron chi connectivity index (χ0n) is 7.82. The van der Waals surface area contributed by atoms with Gasteiger partial charge in [-0.2, -0.15) is 0 Å². The molecule has 0 aromatic carbocycles. The van der Waals surface area contributed by atoms with Crippen LogP contribution in [0, 0.1) is 0 Å². The van der Waals surface area contributed by atoms with Crippen molar-refractivity contribution in [3.8, 4) is 0 Å². The largest absolute Gasteiger partial charge is 0.329 e. The Labute approximate surface area is 78.7 Å². The fourth-order valence-corrected chi connectivity index (χ4v) is 1.58. The maximum atomic E-state index is 9.14. The first-order valence-electron chi connectivity index (χ1n) is 3.98. The molecule has 0 rings (SSSR count). The van der Waals surface area contributed by atoms with Gasteiger partial charge in [-0.05, 0) is 20.8 Å². The Morgan fingerprint density at radius 2 is 1.75 bits per heavy atom. The number of hydrogen-bond donors (Lipinski definition) is 2. The molecule has 0 aliphatic heterocycles. The smallest absolute Gasteiger partial charge is 0.0926 e. The van der Waals surface area contributed by atoms with Crippen molar-refractivity contribution in [2.45, 2.75) is 31.6 Å². The second-order valence-electron chi connectivity index (χ2n) is 2.73. The molecule has 0 bridgehead atoms. The van der Waals surface area contributed by atoms with Crippen LogP contribution in [0.1, 0.15) is 20.8 Å². The minimum Gasteiger partial charge on any atom is -0.329 e. The van der Waals surface area contributed by atoms with Crippen molar-refractivity contribution in [2.75, 3.05) is 0 Å². The van der Waals surface area contributed by atoms with Crippen LogP contribution in [-0.2, 0) is 0 Å². The lowest BCUT2D eigenvalue weighted by Gasteiger charge is -2.27. The molecular weight excluding hydrogens is 170 g/mol. The Bertz CT molecular complexity index is 163. The number of allylic oxidation sites excluding steroid dienone is 2. The van der Waals surface area contributed by atoms with E-state index < -0.39 is 4.75 Å². The van der Waals surface area contributed by atoms with Crippen molar-refractivity contribution in [1.29, 1.82) is 0 Å². The molecule has 0 amide bonds. The van der Waals surface area contributed by atoms with Crippen molar-refractivity contribution in [3.63, 3.8) is 0 Å². The molecule has 12 heavy (non-hydrogen) atoms. The maximum Gasteiger partial charge on any atom is 0.0926 e.